The van der Waals surface area contributed by atoms with Gasteiger partial charge in [0.05, 0.1) is 18.9 Å². The number of nitrogens with zero attached hydrogens (tertiary/aromatic N) is 1. The second kappa shape index (κ2) is 8.47. The van der Waals surface area contributed by atoms with Crippen LogP contribution in [0.15, 0.2) is 53.6 Å². The molecule has 0 atom stereocenters. The third kappa shape index (κ3) is 4.95. The minimum absolute atomic E-state index is 0.240. The molecule has 6 heteroatoms. The molecule has 0 aliphatic rings. The van der Waals surface area contributed by atoms with Crippen LogP contribution >= 0.6 is 0 Å². The van der Waals surface area contributed by atoms with Crippen LogP contribution in [0, 0.1) is 0 Å². The molecule has 0 heterocycles. The molecule has 2 aromatic rings. The van der Waals surface area contributed by atoms with Crippen LogP contribution in [-0.2, 0) is 16.1 Å². The third-order valence-electron chi connectivity index (χ3n) is 3.11. The number of amides is 1. The average Bonchev–Trinajstić information content (AvgIpc) is 2.60. The summed E-state index contributed by atoms with van der Waals surface area (Å²) in [6.07, 6.45) is 1.52. The number of hydrazone groups is 1. The highest BCUT2D eigenvalue weighted by Gasteiger charge is 2.05. The van der Waals surface area contributed by atoms with Crippen LogP contribution in [-0.4, -0.2) is 25.2 Å². The first-order valence-corrected chi connectivity index (χ1v) is 7.29. The van der Waals surface area contributed by atoms with Crippen LogP contribution in [0.4, 0.5) is 0 Å². The molecule has 0 unspecified atom stereocenters. The first kappa shape index (κ1) is 17.2. The monoisotopic (exact) mass is 326 g/mol. The number of ether oxygens (including phenoxy) is 2. The maximum Gasteiger partial charge on any atom is 0.337 e. The van der Waals surface area contributed by atoms with Gasteiger partial charge in [0.25, 0.3) is 0 Å². The van der Waals surface area contributed by atoms with Gasteiger partial charge < -0.3 is 9.47 Å². The van der Waals surface area contributed by atoms with Crippen molar-refractivity contribution < 1.29 is 19.1 Å². The van der Waals surface area contributed by atoms with Crippen molar-refractivity contribution in [2.75, 3.05) is 7.11 Å². The Morgan fingerprint density at radius 2 is 1.83 bits per heavy atom. The fourth-order valence-electron chi connectivity index (χ4n) is 1.93. The number of nitrogens with one attached hydrogen (secondary N) is 1. The predicted octanol–water partition coefficient (Wildman–Crippen LogP) is 2.52. The molecule has 6 nitrogen and oxygen atoms in total. The van der Waals surface area contributed by atoms with E-state index in [1.165, 1.54) is 20.2 Å². The van der Waals surface area contributed by atoms with Crippen molar-refractivity contribution >= 4 is 18.1 Å². The number of hydrogen-bond donors (Lipinski definition) is 1. The van der Waals surface area contributed by atoms with Gasteiger partial charge in [-0.15, -0.1) is 0 Å². The van der Waals surface area contributed by atoms with Gasteiger partial charge in [0.1, 0.15) is 12.4 Å². The summed E-state index contributed by atoms with van der Waals surface area (Å²) in [5, 5.41) is 3.84. The quantitative estimate of drug-likeness (QED) is 0.503. The molecule has 0 aliphatic heterocycles. The molecule has 0 saturated heterocycles. The number of hydrogen-bond acceptors (Lipinski definition) is 5. The Labute approximate surface area is 140 Å². The summed E-state index contributed by atoms with van der Waals surface area (Å²) in [5.74, 6) is 0.0287. The molecular weight excluding hydrogens is 308 g/mol. The molecule has 0 aliphatic carbocycles. The first-order chi connectivity index (χ1) is 11.6. The molecule has 124 valence electrons. The minimum Gasteiger partial charge on any atom is -0.488 e. The van der Waals surface area contributed by atoms with E-state index in [2.05, 4.69) is 15.3 Å². The summed E-state index contributed by atoms with van der Waals surface area (Å²) >= 11 is 0. The van der Waals surface area contributed by atoms with Crippen molar-refractivity contribution in [2.45, 2.75) is 13.5 Å². The number of benzene rings is 2. The van der Waals surface area contributed by atoms with Gasteiger partial charge in [-0.25, -0.2) is 10.2 Å². The van der Waals surface area contributed by atoms with E-state index in [1.807, 2.05) is 24.3 Å². The van der Waals surface area contributed by atoms with E-state index in [-0.39, 0.29) is 11.9 Å². The zero-order valence-corrected chi connectivity index (χ0v) is 13.5. The van der Waals surface area contributed by atoms with Crippen molar-refractivity contribution in [3.63, 3.8) is 0 Å². The minimum atomic E-state index is -0.373. The van der Waals surface area contributed by atoms with Gasteiger partial charge in [0.15, 0.2) is 0 Å². The molecule has 0 bridgehead atoms. The van der Waals surface area contributed by atoms with Crippen LogP contribution in [0.3, 0.4) is 0 Å². The van der Waals surface area contributed by atoms with E-state index in [4.69, 9.17) is 4.74 Å². The van der Waals surface area contributed by atoms with Gasteiger partial charge in [-0.2, -0.15) is 5.10 Å². The second-order valence-electron chi connectivity index (χ2n) is 4.94. The SMILES string of the molecule is COC(=O)c1ccc(COc2ccccc2/C=N\NC(C)=O)cc1. The number of carbonyl (C=O) groups is 2. The Morgan fingerprint density at radius 3 is 2.50 bits per heavy atom. The Hall–Kier alpha value is -3.15. The molecule has 2 aromatic carbocycles. The molecule has 2 rings (SSSR count). The van der Waals surface area contributed by atoms with E-state index in [0.29, 0.717) is 17.9 Å². The third-order valence-corrected chi connectivity index (χ3v) is 3.11. The molecular formula is C18H18N2O4. The smallest absolute Gasteiger partial charge is 0.337 e. The summed E-state index contributed by atoms with van der Waals surface area (Å²) in [6.45, 7) is 1.73. The molecule has 0 fully saturated rings. The van der Waals surface area contributed by atoms with Crippen LogP contribution in [0.5, 0.6) is 5.75 Å². The standard InChI is InChI=1S/C18H18N2O4/c1-13(21)20-19-11-16-5-3-4-6-17(16)24-12-14-7-9-15(10-8-14)18(22)23-2/h3-11H,12H2,1-2H3,(H,20,21)/b19-11-. The number of methoxy groups -OCH3 is 1. The lowest BCUT2D eigenvalue weighted by atomic mass is 10.1. The molecule has 1 amide bonds. The van der Waals surface area contributed by atoms with E-state index in [1.54, 1.807) is 24.3 Å². The van der Waals surface area contributed by atoms with Gasteiger partial charge in [0.2, 0.25) is 5.91 Å². The van der Waals surface area contributed by atoms with Gasteiger partial charge in [-0.1, -0.05) is 24.3 Å². The Balaban J connectivity index is 2.02. The van der Waals surface area contributed by atoms with E-state index >= 15 is 0 Å². The van der Waals surface area contributed by atoms with E-state index in [0.717, 1.165) is 11.1 Å². The lowest BCUT2D eigenvalue weighted by molar-refractivity contribution is -0.118. The van der Waals surface area contributed by atoms with Crippen LogP contribution in [0.25, 0.3) is 0 Å². The van der Waals surface area contributed by atoms with Gasteiger partial charge in [-0.05, 0) is 29.8 Å². The zero-order chi connectivity index (χ0) is 17.4. The van der Waals surface area contributed by atoms with Crippen LogP contribution in [0.2, 0.25) is 0 Å². The lowest BCUT2D eigenvalue weighted by Gasteiger charge is -2.09. The summed E-state index contributed by atoms with van der Waals surface area (Å²) < 4.78 is 10.4. The van der Waals surface area contributed by atoms with Crippen LogP contribution < -0.4 is 10.2 Å². The van der Waals surface area contributed by atoms with Crippen molar-refractivity contribution in [3.05, 3.63) is 65.2 Å². The zero-order valence-electron chi connectivity index (χ0n) is 13.5. The Kier molecular flexibility index (Phi) is 6.08. The largest absolute Gasteiger partial charge is 0.488 e. The normalized spacial score (nSPS) is 10.4. The molecule has 0 aromatic heterocycles. The summed E-state index contributed by atoms with van der Waals surface area (Å²) in [4.78, 5) is 22.2. The number of carbonyl (C=O) groups excluding carboxylic acids is 2. The number of para-hydroxylation sites is 1. The van der Waals surface area contributed by atoms with E-state index in [9.17, 15) is 9.59 Å². The lowest BCUT2D eigenvalue weighted by Crippen LogP contribution is -2.12. The first-order valence-electron chi connectivity index (χ1n) is 7.29. The molecule has 0 saturated carbocycles. The van der Waals surface area contributed by atoms with Gasteiger partial charge >= 0.3 is 5.97 Å². The molecule has 24 heavy (non-hydrogen) atoms. The highest BCUT2D eigenvalue weighted by molar-refractivity contribution is 5.89. The summed E-state index contributed by atoms with van der Waals surface area (Å²) in [6, 6.07) is 14.3. The second-order valence-corrected chi connectivity index (χ2v) is 4.94. The van der Waals surface area contributed by atoms with Crippen molar-refractivity contribution in [3.8, 4) is 5.75 Å². The predicted molar refractivity (Wildman–Crippen MR) is 90.0 cm³/mol. The van der Waals surface area contributed by atoms with Crippen LogP contribution in [0.1, 0.15) is 28.4 Å². The number of rotatable bonds is 6. The molecule has 0 radical (unpaired) electrons. The molecule has 1 N–H and O–H groups in total. The fraction of sp³-hybridized carbons (Fsp3) is 0.167. The topological polar surface area (TPSA) is 77.0 Å². The van der Waals surface area contributed by atoms with Gasteiger partial charge in [0, 0.05) is 12.5 Å². The number of esters is 1. The summed E-state index contributed by atoms with van der Waals surface area (Å²) in [7, 11) is 1.35. The fourth-order valence-corrected chi connectivity index (χ4v) is 1.93. The highest BCUT2D eigenvalue weighted by Crippen LogP contribution is 2.18. The van der Waals surface area contributed by atoms with Crippen molar-refractivity contribution in [1.29, 1.82) is 0 Å². The van der Waals surface area contributed by atoms with E-state index < -0.39 is 0 Å². The Bertz CT molecular complexity index is 739. The molecule has 0 spiro atoms. The van der Waals surface area contributed by atoms with Crippen molar-refractivity contribution in [2.24, 2.45) is 5.10 Å². The average molecular weight is 326 g/mol. The highest BCUT2D eigenvalue weighted by atomic mass is 16.5. The maximum absolute atomic E-state index is 11.4. The van der Waals surface area contributed by atoms with Gasteiger partial charge in [-0.3, -0.25) is 4.79 Å². The van der Waals surface area contributed by atoms with Crippen molar-refractivity contribution in [1.82, 2.24) is 5.43 Å². The Morgan fingerprint density at radius 1 is 1.12 bits per heavy atom. The summed E-state index contributed by atoms with van der Waals surface area (Å²) in [5.41, 5.74) is 4.50. The maximum atomic E-state index is 11.4.